The number of aryl methyl sites for hydroxylation is 1. The van der Waals surface area contributed by atoms with Crippen LogP contribution in [0.1, 0.15) is 46.6 Å². The minimum atomic E-state index is 0.679. The molecule has 2 unspecified atom stereocenters. The molecule has 1 aromatic carbocycles. The van der Waals surface area contributed by atoms with E-state index in [1.54, 1.807) is 24.0 Å². The van der Waals surface area contributed by atoms with Crippen molar-refractivity contribution in [1.29, 1.82) is 0 Å². The first-order valence-corrected chi connectivity index (χ1v) is 12.2. The Bertz CT molecular complexity index is 984. The molecule has 29 heavy (non-hydrogen) atoms. The summed E-state index contributed by atoms with van der Waals surface area (Å²) in [4.78, 5) is 5.72. The Balaban J connectivity index is 1.47. The quantitative estimate of drug-likeness (QED) is 0.451. The van der Waals surface area contributed by atoms with Crippen LogP contribution in [-0.4, -0.2) is 24.1 Å². The van der Waals surface area contributed by atoms with Crippen LogP contribution < -0.4 is 4.74 Å². The number of piperidine rings is 1. The molecular formula is C25H27NOS2. The number of rotatable bonds is 5. The third kappa shape index (κ3) is 3.81. The lowest BCUT2D eigenvalue weighted by molar-refractivity contribution is 0.159. The lowest BCUT2D eigenvalue weighted by Gasteiger charge is -2.37. The molecule has 2 bridgehead atoms. The van der Waals surface area contributed by atoms with Gasteiger partial charge in [-0.3, -0.25) is 4.90 Å². The zero-order chi connectivity index (χ0) is 19.8. The van der Waals surface area contributed by atoms with E-state index in [9.17, 15) is 0 Å². The van der Waals surface area contributed by atoms with Crippen molar-refractivity contribution < 1.29 is 4.74 Å². The SMILES string of the molecule is COc1ccc(C(=C2CC3CCC(C2)N3Cc2ccc(C)s2)c2ccsc2)cc1. The lowest BCUT2D eigenvalue weighted by Crippen LogP contribution is -2.39. The number of thiophene rings is 2. The van der Waals surface area contributed by atoms with Crippen LogP contribution in [0.4, 0.5) is 0 Å². The summed E-state index contributed by atoms with van der Waals surface area (Å²) < 4.78 is 5.38. The molecule has 4 heterocycles. The fourth-order valence-corrected chi connectivity index (χ4v) is 6.60. The molecule has 2 aliphatic rings. The summed E-state index contributed by atoms with van der Waals surface area (Å²) in [6.45, 7) is 3.33. The smallest absolute Gasteiger partial charge is 0.118 e. The Kier molecular flexibility index (Phi) is 5.33. The molecule has 0 aliphatic carbocycles. The first kappa shape index (κ1) is 19.1. The largest absolute Gasteiger partial charge is 0.497 e. The Morgan fingerprint density at radius 1 is 1.00 bits per heavy atom. The molecule has 0 saturated carbocycles. The van der Waals surface area contributed by atoms with Crippen LogP contribution in [0, 0.1) is 6.92 Å². The van der Waals surface area contributed by atoms with Crippen LogP contribution in [0.2, 0.25) is 0 Å². The Morgan fingerprint density at radius 3 is 2.34 bits per heavy atom. The molecule has 0 N–H and O–H groups in total. The fourth-order valence-electron chi connectivity index (χ4n) is 5.06. The van der Waals surface area contributed by atoms with Gasteiger partial charge >= 0.3 is 0 Å². The summed E-state index contributed by atoms with van der Waals surface area (Å²) in [6, 6.07) is 16.8. The second-order valence-corrected chi connectivity index (χ2v) is 10.3. The van der Waals surface area contributed by atoms with E-state index in [4.69, 9.17) is 4.74 Å². The number of methoxy groups -OCH3 is 1. The highest BCUT2D eigenvalue weighted by molar-refractivity contribution is 7.11. The molecule has 3 aromatic rings. The highest BCUT2D eigenvalue weighted by Gasteiger charge is 2.39. The van der Waals surface area contributed by atoms with Gasteiger partial charge in [0.1, 0.15) is 5.75 Å². The third-order valence-electron chi connectivity index (χ3n) is 6.41. The Hall–Kier alpha value is -1.88. The predicted molar refractivity (Wildman–Crippen MR) is 124 cm³/mol. The van der Waals surface area contributed by atoms with Gasteiger partial charge in [-0.25, -0.2) is 0 Å². The van der Waals surface area contributed by atoms with E-state index >= 15 is 0 Å². The number of ether oxygens (including phenoxy) is 1. The van der Waals surface area contributed by atoms with Gasteiger partial charge in [-0.1, -0.05) is 17.7 Å². The maximum atomic E-state index is 5.38. The minimum Gasteiger partial charge on any atom is -0.497 e. The molecule has 2 aliphatic heterocycles. The van der Waals surface area contributed by atoms with Gasteiger partial charge in [0, 0.05) is 28.4 Å². The van der Waals surface area contributed by atoms with Gasteiger partial charge in [0.25, 0.3) is 0 Å². The molecule has 2 saturated heterocycles. The summed E-state index contributed by atoms with van der Waals surface area (Å²) in [5, 5.41) is 4.50. The van der Waals surface area contributed by atoms with E-state index < -0.39 is 0 Å². The molecule has 2 atom stereocenters. The van der Waals surface area contributed by atoms with E-state index in [1.165, 1.54) is 52.1 Å². The van der Waals surface area contributed by atoms with Crippen molar-refractivity contribution in [2.45, 2.75) is 51.2 Å². The monoisotopic (exact) mass is 421 g/mol. The van der Waals surface area contributed by atoms with Crippen molar-refractivity contribution >= 4 is 28.2 Å². The topological polar surface area (TPSA) is 12.5 Å². The first-order chi connectivity index (χ1) is 14.2. The molecule has 4 heteroatoms. The Labute approximate surface area is 181 Å². The van der Waals surface area contributed by atoms with Gasteiger partial charge in [-0.05, 0) is 90.4 Å². The van der Waals surface area contributed by atoms with Crippen molar-refractivity contribution in [3.8, 4) is 5.75 Å². The van der Waals surface area contributed by atoms with Gasteiger partial charge in [0.15, 0.2) is 0 Å². The number of nitrogens with zero attached hydrogens (tertiary/aromatic N) is 1. The second kappa shape index (κ2) is 8.10. The lowest BCUT2D eigenvalue weighted by atomic mass is 9.86. The highest BCUT2D eigenvalue weighted by atomic mass is 32.1. The molecule has 150 valence electrons. The van der Waals surface area contributed by atoms with Gasteiger partial charge in [-0.15, -0.1) is 11.3 Å². The van der Waals surface area contributed by atoms with Gasteiger partial charge in [-0.2, -0.15) is 11.3 Å². The van der Waals surface area contributed by atoms with Crippen molar-refractivity contribution in [2.75, 3.05) is 7.11 Å². The predicted octanol–water partition coefficient (Wildman–Crippen LogP) is 6.76. The fraction of sp³-hybridized carbons (Fsp3) is 0.360. The highest BCUT2D eigenvalue weighted by Crippen LogP contribution is 2.44. The molecule has 0 amide bonds. The number of hydrogen-bond acceptors (Lipinski definition) is 4. The van der Waals surface area contributed by atoms with Crippen molar-refractivity contribution in [2.24, 2.45) is 0 Å². The second-order valence-electron chi connectivity index (χ2n) is 8.20. The minimum absolute atomic E-state index is 0.679. The summed E-state index contributed by atoms with van der Waals surface area (Å²) in [5.41, 5.74) is 5.79. The molecule has 5 rings (SSSR count). The van der Waals surface area contributed by atoms with Gasteiger partial charge in [0.05, 0.1) is 7.11 Å². The molecule has 0 radical (unpaired) electrons. The maximum Gasteiger partial charge on any atom is 0.118 e. The Morgan fingerprint density at radius 2 is 1.76 bits per heavy atom. The van der Waals surface area contributed by atoms with Gasteiger partial charge < -0.3 is 4.74 Å². The van der Waals surface area contributed by atoms with Crippen LogP contribution in [0.15, 0.2) is 58.8 Å². The summed E-state index contributed by atoms with van der Waals surface area (Å²) in [5.74, 6) is 0.921. The molecule has 2 aromatic heterocycles. The van der Waals surface area contributed by atoms with Crippen molar-refractivity contribution in [3.63, 3.8) is 0 Å². The normalized spacial score (nSPS) is 21.5. The maximum absolute atomic E-state index is 5.38. The van der Waals surface area contributed by atoms with E-state index in [1.807, 2.05) is 11.3 Å². The van der Waals surface area contributed by atoms with E-state index in [0.29, 0.717) is 12.1 Å². The van der Waals surface area contributed by atoms with Crippen LogP contribution in [0.25, 0.3) is 5.57 Å². The van der Waals surface area contributed by atoms with E-state index in [-0.39, 0.29) is 0 Å². The molecule has 0 spiro atoms. The zero-order valence-corrected chi connectivity index (χ0v) is 18.7. The first-order valence-electron chi connectivity index (χ1n) is 10.4. The molecule has 2 nitrogen and oxygen atoms in total. The van der Waals surface area contributed by atoms with Crippen LogP contribution in [0.3, 0.4) is 0 Å². The summed E-state index contributed by atoms with van der Waals surface area (Å²) in [7, 11) is 1.73. The third-order valence-corrected chi connectivity index (χ3v) is 8.08. The average Bonchev–Trinajstić information content (AvgIpc) is 3.45. The summed E-state index contributed by atoms with van der Waals surface area (Å²) >= 11 is 3.74. The van der Waals surface area contributed by atoms with Crippen molar-refractivity contribution in [1.82, 2.24) is 4.90 Å². The van der Waals surface area contributed by atoms with E-state index in [2.05, 4.69) is 65.0 Å². The number of fused-ring (bicyclic) bond motifs is 2. The molecular weight excluding hydrogens is 394 g/mol. The zero-order valence-electron chi connectivity index (χ0n) is 17.1. The van der Waals surface area contributed by atoms with Crippen LogP contribution >= 0.6 is 22.7 Å². The van der Waals surface area contributed by atoms with Crippen LogP contribution in [0.5, 0.6) is 5.75 Å². The standard InChI is InChI=1S/C25H27NOS2/c1-17-3-10-24(29-17)15-26-21-6-7-22(26)14-20(13-21)25(19-11-12-28-16-19)18-4-8-23(27-2)9-5-18/h3-5,8-12,16,21-22H,6-7,13-15H2,1-2H3. The van der Waals surface area contributed by atoms with Gasteiger partial charge in [0.2, 0.25) is 0 Å². The molecule has 2 fully saturated rings. The average molecular weight is 422 g/mol. The van der Waals surface area contributed by atoms with Crippen LogP contribution in [-0.2, 0) is 6.54 Å². The summed E-state index contributed by atoms with van der Waals surface area (Å²) in [6.07, 6.45) is 5.05. The van der Waals surface area contributed by atoms with Crippen molar-refractivity contribution in [3.05, 3.63) is 79.7 Å². The van der Waals surface area contributed by atoms with E-state index in [0.717, 1.165) is 12.3 Å². The number of benzene rings is 1. The number of hydrogen-bond donors (Lipinski definition) is 0.